The lowest BCUT2D eigenvalue weighted by atomic mass is 10.2. The van der Waals surface area contributed by atoms with Crippen LogP contribution in [-0.2, 0) is 12.4 Å². The summed E-state index contributed by atoms with van der Waals surface area (Å²) < 4.78 is 75.5. The van der Waals surface area contributed by atoms with Gasteiger partial charge in [-0.1, -0.05) is 11.3 Å². The van der Waals surface area contributed by atoms with E-state index in [-0.39, 0.29) is 11.3 Å². The van der Waals surface area contributed by atoms with Crippen molar-refractivity contribution in [3.05, 3.63) is 28.5 Å². The summed E-state index contributed by atoms with van der Waals surface area (Å²) >= 11 is -0.00724. The van der Waals surface area contributed by atoms with Crippen LogP contribution in [0.15, 0.2) is 12.4 Å². The average molecular weight is 331 g/mol. The molecule has 0 spiro atoms. The summed E-state index contributed by atoms with van der Waals surface area (Å²) in [6, 6.07) is 0. The lowest BCUT2D eigenvalue weighted by molar-refractivity contribution is -0.138. The quantitative estimate of drug-likeness (QED) is 0.859. The average Bonchev–Trinajstić information content (AvgIpc) is 2.93. The van der Waals surface area contributed by atoms with Gasteiger partial charge in [-0.2, -0.15) is 26.3 Å². The van der Waals surface area contributed by atoms with Gasteiger partial charge in [-0.3, -0.25) is 4.57 Å². The number of hydrogen-bond acceptors (Lipinski definition) is 4. The van der Waals surface area contributed by atoms with E-state index in [4.69, 9.17) is 5.11 Å². The molecule has 0 aliphatic rings. The summed E-state index contributed by atoms with van der Waals surface area (Å²) in [7, 11) is 0. The molecule has 0 amide bonds. The third-order valence-corrected chi connectivity index (χ3v) is 3.22. The van der Waals surface area contributed by atoms with Crippen LogP contribution in [0.4, 0.5) is 26.3 Å². The number of carboxylic acid groups (broad SMARTS) is 1. The fourth-order valence-electron chi connectivity index (χ4n) is 1.40. The third kappa shape index (κ3) is 2.99. The van der Waals surface area contributed by atoms with Gasteiger partial charge in [0.05, 0.1) is 11.1 Å². The lowest BCUT2D eigenvalue weighted by Crippen LogP contribution is -2.09. The van der Waals surface area contributed by atoms with Crippen LogP contribution in [-0.4, -0.2) is 25.8 Å². The highest BCUT2D eigenvalue weighted by Gasteiger charge is 2.39. The van der Waals surface area contributed by atoms with Crippen LogP contribution < -0.4 is 0 Å². The molecule has 5 nitrogen and oxygen atoms in total. The topological polar surface area (TPSA) is 68.0 Å². The molecule has 12 heteroatoms. The van der Waals surface area contributed by atoms with Gasteiger partial charge in [-0.25, -0.2) is 4.79 Å². The van der Waals surface area contributed by atoms with Crippen molar-refractivity contribution in [2.75, 3.05) is 0 Å². The Morgan fingerprint density at radius 1 is 1.10 bits per heavy atom. The second kappa shape index (κ2) is 4.72. The molecule has 0 saturated carbocycles. The van der Waals surface area contributed by atoms with Crippen molar-refractivity contribution in [1.82, 2.24) is 14.8 Å². The predicted molar refractivity (Wildman–Crippen MR) is 56.2 cm³/mol. The van der Waals surface area contributed by atoms with Crippen molar-refractivity contribution in [3.8, 4) is 5.13 Å². The molecule has 2 rings (SSSR count). The number of aromatic nitrogens is 3. The van der Waals surface area contributed by atoms with E-state index in [1.54, 1.807) is 0 Å². The number of hydrogen-bond donors (Lipinski definition) is 1. The molecule has 2 aromatic rings. The molecule has 0 atom stereocenters. The maximum absolute atomic E-state index is 12.6. The number of aromatic carboxylic acids is 1. The third-order valence-electron chi connectivity index (χ3n) is 2.24. The van der Waals surface area contributed by atoms with Gasteiger partial charge >= 0.3 is 18.3 Å². The molecule has 0 unspecified atom stereocenters. The van der Waals surface area contributed by atoms with Crippen molar-refractivity contribution in [2.45, 2.75) is 12.4 Å². The smallest absolute Gasteiger partial charge is 0.445 e. The maximum atomic E-state index is 12.6. The largest absolute Gasteiger partial charge is 0.478 e. The SMILES string of the molecule is O=C(O)c1cn(-c2nnc(C(F)(F)F)s2)cc1C(F)(F)F. The first-order chi connectivity index (χ1) is 9.50. The zero-order valence-electron chi connectivity index (χ0n) is 9.53. The molecule has 21 heavy (non-hydrogen) atoms. The Morgan fingerprint density at radius 2 is 1.71 bits per heavy atom. The van der Waals surface area contributed by atoms with Crippen LogP contribution in [0.2, 0.25) is 0 Å². The Kier molecular flexibility index (Phi) is 3.43. The van der Waals surface area contributed by atoms with Crippen molar-refractivity contribution < 1.29 is 36.2 Å². The summed E-state index contributed by atoms with van der Waals surface area (Å²) in [5.74, 6) is -1.86. The second-order valence-corrected chi connectivity index (χ2v) is 4.64. The van der Waals surface area contributed by atoms with E-state index < -0.39 is 39.6 Å². The molecule has 1 N–H and O–H groups in total. The second-order valence-electron chi connectivity index (χ2n) is 3.68. The standard InChI is InChI=1S/C9H3F6N3O2S/c10-8(11,12)4-2-18(1-3(4)5(19)20)7-17-16-6(21-7)9(13,14)15/h1-2H,(H,19,20). The fourth-order valence-corrected chi connectivity index (χ4v) is 2.06. The molecule has 0 aromatic carbocycles. The molecule has 0 radical (unpaired) electrons. The molecule has 0 aliphatic carbocycles. The van der Waals surface area contributed by atoms with Gasteiger partial charge in [0.2, 0.25) is 10.1 Å². The van der Waals surface area contributed by atoms with Gasteiger partial charge in [0, 0.05) is 12.4 Å². The summed E-state index contributed by atoms with van der Waals surface area (Å²) in [6.07, 6.45) is -8.86. The molecule has 0 saturated heterocycles. The van der Waals surface area contributed by atoms with Crippen LogP contribution in [0, 0.1) is 0 Å². The first-order valence-corrected chi connectivity index (χ1v) is 5.75. The molecule has 2 aromatic heterocycles. The van der Waals surface area contributed by atoms with E-state index in [1.165, 1.54) is 0 Å². The Labute approximate surface area is 115 Å². The highest BCUT2D eigenvalue weighted by atomic mass is 32.1. The molecule has 2 heterocycles. The summed E-state index contributed by atoms with van der Waals surface area (Å²) in [6.45, 7) is 0. The normalized spacial score (nSPS) is 12.7. The van der Waals surface area contributed by atoms with Crippen LogP contribution in [0.3, 0.4) is 0 Å². The molecule has 0 bridgehead atoms. The Bertz CT molecular complexity index is 686. The number of rotatable bonds is 2. The number of halogens is 6. The van der Waals surface area contributed by atoms with Gasteiger partial charge in [-0.15, -0.1) is 10.2 Å². The van der Waals surface area contributed by atoms with Gasteiger partial charge in [-0.05, 0) is 0 Å². The van der Waals surface area contributed by atoms with Crippen molar-refractivity contribution in [1.29, 1.82) is 0 Å². The lowest BCUT2D eigenvalue weighted by Gasteiger charge is -2.03. The highest BCUT2D eigenvalue weighted by molar-refractivity contribution is 7.13. The summed E-state index contributed by atoms with van der Waals surface area (Å²) in [5.41, 5.74) is -2.58. The molecule has 114 valence electrons. The number of nitrogens with zero attached hydrogens (tertiary/aromatic N) is 3. The highest BCUT2D eigenvalue weighted by Crippen LogP contribution is 2.36. The van der Waals surface area contributed by atoms with E-state index in [2.05, 4.69) is 10.2 Å². The van der Waals surface area contributed by atoms with Gasteiger partial charge in [0.15, 0.2) is 0 Å². The molecule has 0 aliphatic heterocycles. The minimum atomic E-state index is -4.96. The first kappa shape index (κ1) is 15.3. The minimum absolute atomic E-state index is 0.00724. The number of alkyl halides is 6. The maximum Gasteiger partial charge on any atom is 0.445 e. The first-order valence-electron chi connectivity index (χ1n) is 4.93. The van der Waals surface area contributed by atoms with Crippen molar-refractivity contribution in [3.63, 3.8) is 0 Å². The van der Waals surface area contributed by atoms with Crippen LogP contribution in [0.25, 0.3) is 5.13 Å². The number of carboxylic acids is 1. The molecular formula is C9H3F6N3O2S. The van der Waals surface area contributed by atoms with E-state index in [9.17, 15) is 31.1 Å². The van der Waals surface area contributed by atoms with Crippen LogP contribution in [0.1, 0.15) is 20.9 Å². The Morgan fingerprint density at radius 3 is 2.10 bits per heavy atom. The Hall–Kier alpha value is -2.11. The van der Waals surface area contributed by atoms with E-state index in [1.807, 2.05) is 0 Å². The van der Waals surface area contributed by atoms with Gasteiger partial charge < -0.3 is 5.11 Å². The minimum Gasteiger partial charge on any atom is -0.478 e. The van der Waals surface area contributed by atoms with Crippen molar-refractivity contribution >= 4 is 17.3 Å². The van der Waals surface area contributed by atoms with Crippen LogP contribution >= 0.6 is 11.3 Å². The van der Waals surface area contributed by atoms with Crippen LogP contribution in [0.5, 0.6) is 0 Å². The predicted octanol–water partition coefficient (Wildman–Crippen LogP) is 3.06. The van der Waals surface area contributed by atoms with E-state index >= 15 is 0 Å². The molecule has 0 fully saturated rings. The van der Waals surface area contributed by atoms with E-state index in [0.29, 0.717) is 17.0 Å². The van der Waals surface area contributed by atoms with Gasteiger partial charge in [0.25, 0.3) is 0 Å². The zero-order chi connectivity index (χ0) is 16.0. The van der Waals surface area contributed by atoms with E-state index in [0.717, 1.165) is 0 Å². The van der Waals surface area contributed by atoms with Gasteiger partial charge in [0.1, 0.15) is 0 Å². The monoisotopic (exact) mass is 331 g/mol. The summed E-state index contributed by atoms with van der Waals surface area (Å²) in [4.78, 5) is 10.8. The Balaban J connectivity index is 2.51. The summed E-state index contributed by atoms with van der Waals surface area (Å²) in [5, 5.41) is 12.7. The fraction of sp³-hybridized carbons (Fsp3) is 0.222. The number of carbonyl (C=O) groups is 1. The molecular weight excluding hydrogens is 328 g/mol. The zero-order valence-corrected chi connectivity index (χ0v) is 10.3. The van der Waals surface area contributed by atoms with Crippen molar-refractivity contribution in [2.24, 2.45) is 0 Å².